The van der Waals surface area contributed by atoms with E-state index in [1.807, 2.05) is 6.07 Å². The van der Waals surface area contributed by atoms with Gasteiger partial charge in [-0.15, -0.1) is 0 Å². The molecule has 2 aromatic rings. The van der Waals surface area contributed by atoms with Gasteiger partial charge in [0.1, 0.15) is 5.75 Å². The van der Waals surface area contributed by atoms with Crippen LogP contribution in [-0.2, 0) is 4.79 Å². The van der Waals surface area contributed by atoms with Crippen molar-refractivity contribution < 1.29 is 14.6 Å². The number of nitriles is 1. The van der Waals surface area contributed by atoms with Gasteiger partial charge in [-0.2, -0.15) is 5.26 Å². The maximum Gasteiger partial charge on any atom is 0.119 e. The van der Waals surface area contributed by atoms with Crippen molar-refractivity contribution in [2.24, 2.45) is 0 Å². The summed E-state index contributed by atoms with van der Waals surface area (Å²) >= 11 is 0. The first-order chi connectivity index (χ1) is 11.1. The smallest absolute Gasteiger partial charge is 0.119 e. The van der Waals surface area contributed by atoms with Crippen molar-refractivity contribution in [3.05, 3.63) is 65.7 Å². The van der Waals surface area contributed by atoms with Crippen LogP contribution in [0.4, 0.5) is 5.69 Å². The molecule has 0 aromatic heterocycles. The molecular weight excluding hydrogens is 292 g/mol. The molecule has 0 fully saturated rings. The van der Waals surface area contributed by atoms with Gasteiger partial charge in [0.15, 0.2) is 0 Å². The van der Waals surface area contributed by atoms with Crippen LogP contribution < -0.4 is 15.2 Å². The van der Waals surface area contributed by atoms with Gasteiger partial charge in [-0.25, -0.2) is 0 Å². The SMILES string of the molecule is C=Cc1cc(OC)cc(C(Nc2ccc(C#N)cc2)C(=O)[O-])c1. The number of nitrogens with one attached hydrogen (secondary N) is 1. The molecule has 2 rings (SSSR count). The number of ether oxygens (including phenoxy) is 1. The summed E-state index contributed by atoms with van der Waals surface area (Å²) in [5, 5.41) is 23.2. The molecule has 0 aliphatic carbocycles. The lowest BCUT2D eigenvalue weighted by molar-refractivity contribution is -0.307. The number of methoxy groups -OCH3 is 1. The molecule has 1 atom stereocenters. The fourth-order valence-electron chi connectivity index (χ4n) is 2.13. The minimum Gasteiger partial charge on any atom is -0.548 e. The number of nitrogens with zero attached hydrogens (tertiary/aromatic N) is 1. The third-order valence-electron chi connectivity index (χ3n) is 3.32. The third kappa shape index (κ3) is 3.89. The fraction of sp³-hybridized carbons (Fsp3) is 0.111. The highest BCUT2D eigenvalue weighted by molar-refractivity contribution is 5.78. The Kier molecular flexibility index (Phi) is 5.00. The second-order valence-electron chi connectivity index (χ2n) is 4.83. The molecule has 0 bridgehead atoms. The Morgan fingerprint density at radius 2 is 2.04 bits per heavy atom. The number of hydrogen-bond acceptors (Lipinski definition) is 5. The minimum atomic E-state index is -1.27. The number of carboxylic acid groups (broad SMARTS) is 1. The van der Waals surface area contributed by atoms with Crippen LogP contribution in [0.25, 0.3) is 6.08 Å². The van der Waals surface area contributed by atoms with Crippen LogP contribution in [-0.4, -0.2) is 13.1 Å². The number of aliphatic carboxylic acids is 1. The molecule has 0 saturated heterocycles. The van der Waals surface area contributed by atoms with Crippen LogP contribution in [0.2, 0.25) is 0 Å². The number of carboxylic acids is 1. The van der Waals surface area contributed by atoms with E-state index < -0.39 is 12.0 Å². The molecule has 116 valence electrons. The standard InChI is InChI=1S/C18H16N2O3/c1-3-12-8-14(10-16(9-12)23-2)17(18(21)22)20-15-6-4-13(11-19)5-7-15/h3-10,17,20H,1H2,2H3,(H,21,22)/p-1. The Morgan fingerprint density at radius 1 is 1.35 bits per heavy atom. The highest BCUT2D eigenvalue weighted by atomic mass is 16.5. The molecule has 1 N–H and O–H groups in total. The first-order valence-corrected chi connectivity index (χ1v) is 6.86. The molecule has 5 nitrogen and oxygen atoms in total. The van der Waals surface area contributed by atoms with E-state index in [1.54, 1.807) is 48.5 Å². The van der Waals surface area contributed by atoms with E-state index in [0.717, 1.165) is 5.56 Å². The number of benzene rings is 2. The molecule has 0 radical (unpaired) electrons. The van der Waals surface area contributed by atoms with Gasteiger partial charge in [0.25, 0.3) is 0 Å². The van der Waals surface area contributed by atoms with Crippen molar-refractivity contribution in [1.82, 2.24) is 0 Å². The van der Waals surface area contributed by atoms with Gasteiger partial charge >= 0.3 is 0 Å². The maximum atomic E-state index is 11.5. The lowest BCUT2D eigenvalue weighted by atomic mass is 10.0. The van der Waals surface area contributed by atoms with E-state index in [9.17, 15) is 9.90 Å². The van der Waals surface area contributed by atoms with Crippen LogP contribution >= 0.6 is 0 Å². The summed E-state index contributed by atoms with van der Waals surface area (Å²) in [6.07, 6.45) is 1.61. The normalized spacial score (nSPS) is 11.1. The van der Waals surface area contributed by atoms with Gasteiger partial charge in [-0.05, 0) is 53.6 Å². The number of anilines is 1. The fourth-order valence-corrected chi connectivity index (χ4v) is 2.13. The molecule has 2 aromatic carbocycles. The minimum absolute atomic E-state index is 0.489. The number of hydrogen-bond donors (Lipinski definition) is 1. The maximum absolute atomic E-state index is 11.5. The number of carbonyl (C=O) groups is 1. The molecule has 23 heavy (non-hydrogen) atoms. The molecule has 0 heterocycles. The second-order valence-corrected chi connectivity index (χ2v) is 4.83. The van der Waals surface area contributed by atoms with Crippen molar-refractivity contribution >= 4 is 17.7 Å². The second kappa shape index (κ2) is 7.14. The van der Waals surface area contributed by atoms with Gasteiger partial charge in [-0.3, -0.25) is 0 Å². The van der Waals surface area contributed by atoms with Crippen LogP contribution in [0.5, 0.6) is 5.75 Å². The Bertz CT molecular complexity index is 761. The first kappa shape index (κ1) is 16.1. The lowest BCUT2D eigenvalue weighted by Gasteiger charge is -2.22. The predicted molar refractivity (Wildman–Crippen MR) is 85.6 cm³/mol. The van der Waals surface area contributed by atoms with Gasteiger partial charge in [0.05, 0.1) is 30.8 Å². The van der Waals surface area contributed by atoms with E-state index in [-0.39, 0.29) is 0 Å². The quantitative estimate of drug-likeness (QED) is 0.883. The largest absolute Gasteiger partial charge is 0.548 e. The van der Waals surface area contributed by atoms with Crippen molar-refractivity contribution in [3.63, 3.8) is 0 Å². The Morgan fingerprint density at radius 3 is 2.57 bits per heavy atom. The van der Waals surface area contributed by atoms with Crippen LogP contribution in [0.3, 0.4) is 0 Å². The van der Waals surface area contributed by atoms with Gasteiger partial charge in [0.2, 0.25) is 0 Å². The molecule has 0 aliphatic rings. The summed E-state index contributed by atoms with van der Waals surface area (Å²) in [5.74, 6) is -0.733. The Balaban J connectivity index is 2.36. The third-order valence-corrected chi connectivity index (χ3v) is 3.32. The van der Waals surface area contributed by atoms with Crippen molar-refractivity contribution in [2.75, 3.05) is 12.4 Å². The molecular formula is C18H15N2O3-. The summed E-state index contributed by atoms with van der Waals surface area (Å²) < 4.78 is 5.18. The summed E-state index contributed by atoms with van der Waals surface area (Å²) in [5.41, 5.74) is 2.30. The average molecular weight is 307 g/mol. The number of carbonyl (C=O) groups excluding carboxylic acids is 1. The van der Waals surface area contributed by atoms with E-state index in [2.05, 4.69) is 11.9 Å². The van der Waals surface area contributed by atoms with E-state index in [1.165, 1.54) is 7.11 Å². The first-order valence-electron chi connectivity index (χ1n) is 6.86. The topological polar surface area (TPSA) is 85.2 Å². The Labute approximate surface area is 134 Å². The van der Waals surface area contributed by atoms with E-state index in [0.29, 0.717) is 22.6 Å². The molecule has 0 aliphatic heterocycles. The zero-order valence-corrected chi connectivity index (χ0v) is 12.6. The van der Waals surface area contributed by atoms with Gasteiger partial charge in [0, 0.05) is 5.69 Å². The summed E-state index contributed by atoms with van der Waals surface area (Å²) in [4.78, 5) is 11.5. The summed E-state index contributed by atoms with van der Waals surface area (Å²) in [6, 6.07) is 12.5. The van der Waals surface area contributed by atoms with Crippen LogP contribution in [0.1, 0.15) is 22.7 Å². The van der Waals surface area contributed by atoms with E-state index in [4.69, 9.17) is 10.00 Å². The molecule has 0 amide bonds. The number of rotatable bonds is 6. The lowest BCUT2D eigenvalue weighted by Crippen LogP contribution is -2.34. The molecule has 0 spiro atoms. The van der Waals surface area contributed by atoms with Crippen molar-refractivity contribution in [1.29, 1.82) is 5.26 Å². The zero-order chi connectivity index (χ0) is 16.8. The van der Waals surface area contributed by atoms with Crippen LogP contribution in [0, 0.1) is 11.3 Å². The molecule has 1 unspecified atom stereocenters. The molecule has 0 saturated carbocycles. The Hall–Kier alpha value is -3.26. The predicted octanol–water partition coefficient (Wildman–Crippen LogP) is 2.11. The summed E-state index contributed by atoms with van der Waals surface area (Å²) in [7, 11) is 1.51. The van der Waals surface area contributed by atoms with Crippen molar-refractivity contribution in [2.45, 2.75) is 6.04 Å². The zero-order valence-electron chi connectivity index (χ0n) is 12.6. The molecule has 5 heteroatoms. The summed E-state index contributed by atoms with van der Waals surface area (Å²) in [6.45, 7) is 3.69. The van der Waals surface area contributed by atoms with Crippen molar-refractivity contribution in [3.8, 4) is 11.8 Å². The highest BCUT2D eigenvalue weighted by Crippen LogP contribution is 2.25. The highest BCUT2D eigenvalue weighted by Gasteiger charge is 2.14. The van der Waals surface area contributed by atoms with E-state index >= 15 is 0 Å². The van der Waals surface area contributed by atoms with Crippen LogP contribution in [0.15, 0.2) is 49.0 Å². The average Bonchev–Trinajstić information content (AvgIpc) is 2.59. The van der Waals surface area contributed by atoms with Gasteiger partial charge in [-0.1, -0.05) is 12.7 Å². The monoisotopic (exact) mass is 307 g/mol. The van der Waals surface area contributed by atoms with Gasteiger partial charge < -0.3 is 20.0 Å².